The third kappa shape index (κ3) is 3.42. The predicted octanol–water partition coefficient (Wildman–Crippen LogP) is 1.73. The second-order valence-electron chi connectivity index (χ2n) is 4.33. The van der Waals surface area contributed by atoms with Crippen molar-refractivity contribution in [2.75, 3.05) is 6.54 Å². The van der Waals surface area contributed by atoms with E-state index in [-0.39, 0.29) is 6.10 Å². The first-order valence-corrected chi connectivity index (χ1v) is 6.25. The van der Waals surface area contributed by atoms with Crippen LogP contribution in [0, 0.1) is 0 Å². The Morgan fingerprint density at radius 3 is 2.72 bits per heavy atom. The van der Waals surface area contributed by atoms with E-state index in [0.29, 0.717) is 6.54 Å². The molecular weight excluding hydrogens is 226 g/mol. The fourth-order valence-corrected chi connectivity index (χ4v) is 1.73. The number of aliphatic hydroxyl groups excluding tert-OH is 1. The smallest absolute Gasteiger partial charge is 0.0991 e. The Bertz CT molecular complexity index is 450. The Morgan fingerprint density at radius 1 is 1.33 bits per heavy atom. The monoisotopic (exact) mass is 245 g/mol. The summed E-state index contributed by atoms with van der Waals surface area (Å²) in [7, 11) is 0. The van der Waals surface area contributed by atoms with E-state index in [1.807, 2.05) is 17.7 Å². The lowest BCUT2D eigenvalue weighted by Gasteiger charge is -2.10. The number of imidazole rings is 1. The van der Waals surface area contributed by atoms with Crippen molar-refractivity contribution < 1.29 is 5.11 Å². The van der Waals surface area contributed by atoms with E-state index >= 15 is 0 Å². The molecule has 0 spiro atoms. The molecule has 0 bridgehead atoms. The van der Waals surface area contributed by atoms with Crippen LogP contribution >= 0.6 is 0 Å². The molecule has 4 heteroatoms. The summed E-state index contributed by atoms with van der Waals surface area (Å²) in [4.78, 5) is 4.02. The predicted molar refractivity (Wildman–Crippen MR) is 71.6 cm³/mol. The summed E-state index contributed by atoms with van der Waals surface area (Å²) >= 11 is 0. The van der Waals surface area contributed by atoms with Gasteiger partial charge in [-0.25, -0.2) is 4.98 Å². The van der Waals surface area contributed by atoms with Gasteiger partial charge < -0.3 is 15.0 Å². The van der Waals surface area contributed by atoms with Crippen LogP contribution in [0.1, 0.15) is 18.9 Å². The van der Waals surface area contributed by atoms with Gasteiger partial charge in [0.1, 0.15) is 0 Å². The molecule has 0 saturated heterocycles. The van der Waals surface area contributed by atoms with Crippen LogP contribution in [0.2, 0.25) is 0 Å². The number of nitrogens with zero attached hydrogens (tertiary/aromatic N) is 2. The van der Waals surface area contributed by atoms with E-state index in [1.54, 1.807) is 12.5 Å². The molecule has 0 aliphatic rings. The minimum absolute atomic E-state index is 0.254. The lowest BCUT2D eigenvalue weighted by atomic mass is 10.2. The molecule has 1 aromatic carbocycles. The molecule has 96 valence electrons. The Hall–Kier alpha value is -1.65. The van der Waals surface area contributed by atoms with Gasteiger partial charge in [-0.2, -0.15) is 0 Å². The molecule has 2 N–H and O–H groups in total. The molecule has 0 amide bonds. The Morgan fingerprint density at radius 2 is 2.11 bits per heavy atom. The first-order chi connectivity index (χ1) is 8.79. The lowest BCUT2D eigenvalue weighted by molar-refractivity contribution is 0.167. The van der Waals surface area contributed by atoms with E-state index in [2.05, 4.69) is 34.6 Å². The van der Waals surface area contributed by atoms with Gasteiger partial charge in [-0.15, -0.1) is 0 Å². The highest BCUT2D eigenvalue weighted by atomic mass is 16.3. The van der Waals surface area contributed by atoms with Crippen LogP contribution in [0.15, 0.2) is 43.0 Å². The molecule has 0 fully saturated rings. The summed E-state index contributed by atoms with van der Waals surface area (Å²) in [6.45, 7) is 3.40. The molecule has 2 rings (SSSR count). The topological polar surface area (TPSA) is 50.1 Å². The molecular formula is C14H19N3O. The minimum atomic E-state index is -0.254. The van der Waals surface area contributed by atoms with Gasteiger partial charge in [0.15, 0.2) is 0 Å². The maximum atomic E-state index is 9.43. The number of benzene rings is 1. The fourth-order valence-electron chi connectivity index (χ4n) is 1.73. The highest BCUT2D eigenvalue weighted by Crippen LogP contribution is 2.09. The number of hydrogen-bond donors (Lipinski definition) is 2. The largest absolute Gasteiger partial charge is 0.392 e. The van der Waals surface area contributed by atoms with Crippen LogP contribution in [0.4, 0.5) is 0 Å². The molecule has 0 radical (unpaired) electrons. The highest BCUT2D eigenvalue weighted by molar-refractivity contribution is 5.34. The van der Waals surface area contributed by atoms with Crippen molar-refractivity contribution in [2.45, 2.75) is 26.0 Å². The molecule has 0 aliphatic carbocycles. The molecule has 4 nitrogen and oxygen atoms in total. The summed E-state index contributed by atoms with van der Waals surface area (Å²) < 4.78 is 1.97. The van der Waals surface area contributed by atoms with Gasteiger partial charge in [0, 0.05) is 31.2 Å². The SMILES string of the molecule is CCC(O)CNCc1ccc(-n2ccnc2)cc1. The standard InChI is InChI=1S/C14H19N3O/c1-2-14(18)10-16-9-12-3-5-13(6-4-12)17-8-7-15-11-17/h3-8,11,14,16,18H,2,9-10H2,1H3. The molecule has 0 saturated carbocycles. The summed E-state index contributed by atoms with van der Waals surface area (Å²) in [5.41, 5.74) is 2.31. The van der Waals surface area contributed by atoms with Gasteiger partial charge in [0.25, 0.3) is 0 Å². The molecule has 1 heterocycles. The van der Waals surface area contributed by atoms with Crippen LogP contribution in [0.5, 0.6) is 0 Å². The van der Waals surface area contributed by atoms with E-state index in [4.69, 9.17) is 0 Å². The van der Waals surface area contributed by atoms with Crippen molar-refractivity contribution >= 4 is 0 Å². The van der Waals surface area contributed by atoms with Crippen LogP contribution in [-0.2, 0) is 6.54 Å². The summed E-state index contributed by atoms with van der Waals surface area (Å²) in [5.74, 6) is 0. The maximum absolute atomic E-state index is 9.43. The van der Waals surface area contributed by atoms with Crippen LogP contribution in [0.3, 0.4) is 0 Å². The lowest BCUT2D eigenvalue weighted by Crippen LogP contribution is -2.25. The van der Waals surface area contributed by atoms with Crippen LogP contribution in [0.25, 0.3) is 5.69 Å². The molecule has 0 aliphatic heterocycles. The van der Waals surface area contributed by atoms with E-state index in [9.17, 15) is 5.11 Å². The van der Waals surface area contributed by atoms with Gasteiger partial charge in [0.05, 0.1) is 12.4 Å². The first kappa shape index (κ1) is 12.8. The number of nitrogens with one attached hydrogen (secondary N) is 1. The van der Waals surface area contributed by atoms with Crippen molar-refractivity contribution in [3.8, 4) is 5.69 Å². The highest BCUT2D eigenvalue weighted by Gasteiger charge is 2.00. The van der Waals surface area contributed by atoms with Gasteiger partial charge >= 0.3 is 0 Å². The third-order valence-electron chi connectivity index (χ3n) is 2.92. The average Bonchev–Trinajstić information content (AvgIpc) is 2.93. The number of aromatic nitrogens is 2. The molecule has 18 heavy (non-hydrogen) atoms. The second-order valence-corrected chi connectivity index (χ2v) is 4.33. The molecule has 1 aromatic heterocycles. The Balaban J connectivity index is 1.88. The quantitative estimate of drug-likeness (QED) is 0.815. The Kier molecular flexibility index (Phi) is 4.50. The van der Waals surface area contributed by atoms with E-state index < -0.39 is 0 Å². The number of aliphatic hydroxyl groups is 1. The first-order valence-electron chi connectivity index (χ1n) is 6.25. The van der Waals surface area contributed by atoms with Crippen molar-refractivity contribution in [3.63, 3.8) is 0 Å². The molecule has 1 atom stereocenters. The Labute approximate surface area is 107 Å². The zero-order valence-corrected chi connectivity index (χ0v) is 10.6. The fraction of sp³-hybridized carbons (Fsp3) is 0.357. The van der Waals surface area contributed by atoms with Gasteiger partial charge in [-0.1, -0.05) is 19.1 Å². The summed E-state index contributed by atoms with van der Waals surface area (Å²) in [6.07, 6.45) is 6.00. The molecule has 1 unspecified atom stereocenters. The molecule has 2 aromatic rings. The van der Waals surface area contributed by atoms with Crippen molar-refractivity contribution in [3.05, 3.63) is 48.5 Å². The summed E-state index contributed by atoms with van der Waals surface area (Å²) in [6, 6.07) is 8.30. The van der Waals surface area contributed by atoms with Gasteiger partial charge in [0.2, 0.25) is 0 Å². The van der Waals surface area contributed by atoms with E-state index in [0.717, 1.165) is 18.7 Å². The van der Waals surface area contributed by atoms with Crippen LogP contribution < -0.4 is 5.32 Å². The zero-order valence-electron chi connectivity index (χ0n) is 10.6. The zero-order chi connectivity index (χ0) is 12.8. The van der Waals surface area contributed by atoms with Gasteiger partial charge in [-0.3, -0.25) is 0 Å². The van der Waals surface area contributed by atoms with Crippen molar-refractivity contribution in [1.82, 2.24) is 14.9 Å². The minimum Gasteiger partial charge on any atom is -0.392 e. The van der Waals surface area contributed by atoms with E-state index in [1.165, 1.54) is 5.56 Å². The average molecular weight is 245 g/mol. The van der Waals surface area contributed by atoms with Gasteiger partial charge in [-0.05, 0) is 24.1 Å². The summed E-state index contributed by atoms with van der Waals surface area (Å²) in [5, 5.41) is 12.7. The number of hydrogen-bond acceptors (Lipinski definition) is 3. The maximum Gasteiger partial charge on any atom is 0.0991 e. The number of rotatable bonds is 6. The van der Waals surface area contributed by atoms with Crippen molar-refractivity contribution in [1.29, 1.82) is 0 Å². The van der Waals surface area contributed by atoms with Crippen LogP contribution in [-0.4, -0.2) is 27.3 Å². The second kappa shape index (κ2) is 6.33. The van der Waals surface area contributed by atoms with Crippen molar-refractivity contribution in [2.24, 2.45) is 0 Å². The normalized spacial score (nSPS) is 12.6. The third-order valence-corrected chi connectivity index (χ3v) is 2.92.